The van der Waals surface area contributed by atoms with Crippen molar-refractivity contribution in [2.75, 3.05) is 0 Å². The number of halogens is 18. The Labute approximate surface area is 757 Å². The van der Waals surface area contributed by atoms with E-state index in [0.717, 1.165) is 68.2 Å². The van der Waals surface area contributed by atoms with Gasteiger partial charge in [-0.1, -0.05) is 316 Å². The highest BCUT2D eigenvalue weighted by atomic mass is 35.5. The van der Waals surface area contributed by atoms with Gasteiger partial charge in [0.05, 0.1) is 0 Å². The van der Waals surface area contributed by atoms with Gasteiger partial charge >= 0.3 is 0 Å². The van der Waals surface area contributed by atoms with Crippen molar-refractivity contribution in [3.63, 3.8) is 0 Å². The largest absolute Gasteiger partial charge is 0.207 e. The van der Waals surface area contributed by atoms with Crippen LogP contribution in [-0.2, 0) is 0 Å². The topological polar surface area (TPSA) is 0 Å². The zero-order valence-corrected chi connectivity index (χ0v) is 79.2. The van der Waals surface area contributed by atoms with E-state index in [2.05, 4.69) is 93.5 Å². The van der Waals surface area contributed by atoms with Gasteiger partial charge in [-0.15, -0.1) is 0 Å². The quantitative estimate of drug-likeness (QED) is 0.107. The van der Waals surface area contributed by atoms with Crippen molar-refractivity contribution < 1.29 is 65.9 Å². The molecule has 0 fully saturated rings. The van der Waals surface area contributed by atoms with Gasteiger partial charge in [-0.05, 0) is 260 Å². The van der Waals surface area contributed by atoms with Gasteiger partial charge in [-0.25, -0.2) is 65.9 Å². The van der Waals surface area contributed by atoms with Gasteiger partial charge in [-0.3, -0.25) is 0 Å². The standard InChI is InChI=1S/3C9H11Cl.6C9H10F2.3C9H11F/c1-7(2)8-3-5-9(10)6-4-8;1-7(2)8-4-3-5-9(10)6-8;1-7(2)8-5-3-4-6-9(8)10;1-6(2)7-3-8(10)5-9(11)4-7;1-6(2)8-5-7(10)3-4-9(8)11;1-6(2)8-4-3-7(10)5-9(8)11;1-6(2)7-3-4-8(10)9(11)5-7;1-6(2)9-7(10)4-3-5-8(9)11;1-6(2)7-4-3-5-8(10)9(7)11;1-7(2)8-3-5-9(10)6-4-8;1-7(2)8-4-3-5-9(10)6-8;1-7(2)8-5-3-4-6-9(8)10/h3*3-7H,1-2H3;6*3-6H,1-2H3;3*3-7H,1-2H3. The molecule has 0 saturated carbocycles. The van der Waals surface area contributed by atoms with Crippen molar-refractivity contribution >= 4 is 34.8 Å². The highest BCUT2D eigenvalue weighted by molar-refractivity contribution is 6.31. The SMILES string of the molecule is CC(C)c1c(F)cccc1F.CC(C)c1cc(F)cc(F)c1.CC(C)c1cc(F)ccc1F.CC(C)c1ccc(Cl)cc1.CC(C)c1ccc(F)c(F)c1.CC(C)c1ccc(F)cc1.CC(C)c1ccc(F)cc1F.CC(C)c1cccc(Cl)c1.CC(C)c1cccc(F)c1.CC(C)c1cccc(F)c1F.CC(C)c1ccccc1Cl.CC(C)c1ccccc1F. The van der Waals surface area contributed by atoms with E-state index in [1.807, 2.05) is 162 Å². The Bertz CT molecular complexity index is 4860. The van der Waals surface area contributed by atoms with Crippen molar-refractivity contribution in [3.05, 3.63) is 424 Å². The molecule has 684 valence electrons. The molecule has 0 radical (unpaired) electrons. The predicted octanol–water partition coefficient (Wildman–Crippen LogP) is 37.8. The molecule has 0 heterocycles. The first-order valence-electron chi connectivity index (χ1n) is 42.1. The van der Waals surface area contributed by atoms with Crippen LogP contribution >= 0.6 is 34.8 Å². The van der Waals surface area contributed by atoms with Crippen LogP contribution < -0.4 is 0 Å². The third kappa shape index (κ3) is 45.8. The Morgan fingerprint density at radius 1 is 0.167 bits per heavy atom. The summed E-state index contributed by atoms with van der Waals surface area (Å²) in [6.07, 6.45) is 0. The summed E-state index contributed by atoms with van der Waals surface area (Å²) in [5.74, 6) is -3.72. The van der Waals surface area contributed by atoms with E-state index in [1.54, 1.807) is 44.2 Å². The fourth-order valence-electron chi connectivity index (χ4n) is 11.0. The minimum absolute atomic E-state index is 0.0331. The van der Waals surface area contributed by atoms with E-state index in [-0.39, 0.29) is 76.1 Å². The summed E-state index contributed by atoms with van der Waals surface area (Å²) in [6.45, 7) is 47.5. The van der Waals surface area contributed by atoms with Crippen molar-refractivity contribution in [3.8, 4) is 0 Å². The lowest BCUT2D eigenvalue weighted by atomic mass is 10.0. The van der Waals surface area contributed by atoms with E-state index >= 15 is 0 Å². The molecule has 0 aliphatic heterocycles. The van der Waals surface area contributed by atoms with Crippen molar-refractivity contribution in [1.82, 2.24) is 0 Å². The lowest BCUT2D eigenvalue weighted by molar-refractivity contribution is 0.494. The molecular weight excluding hydrogens is 1690 g/mol. The molecule has 12 rings (SSSR count). The van der Waals surface area contributed by atoms with E-state index in [9.17, 15) is 65.9 Å². The van der Waals surface area contributed by atoms with Crippen LogP contribution in [0.5, 0.6) is 0 Å². The van der Waals surface area contributed by atoms with Crippen LogP contribution in [0, 0.1) is 87.3 Å². The van der Waals surface area contributed by atoms with Crippen molar-refractivity contribution in [2.45, 2.75) is 237 Å². The fraction of sp³-hybridized carbons (Fsp3) is 0.333. The minimum Gasteiger partial charge on any atom is -0.207 e. The molecule has 0 bridgehead atoms. The van der Waals surface area contributed by atoms with Crippen LogP contribution in [0.15, 0.2) is 255 Å². The second-order valence-corrected chi connectivity index (χ2v) is 34.4. The molecule has 0 aliphatic carbocycles. The second kappa shape index (κ2) is 60.2. The first-order valence-corrected chi connectivity index (χ1v) is 43.2. The van der Waals surface area contributed by atoms with Crippen LogP contribution in [0.2, 0.25) is 15.1 Å². The molecule has 0 unspecified atom stereocenters. The van der Waals surface area contributed by atoms with Crippen LogP contribution in [0.1, 0.15) is 304 Å². The molecule has 12 aromatic rings. The van der Waals surface area contributed by atoms with Crippen LogP contribution in [0.4, 0.5) is 65.9 Å². The highest BCUT2D eigenvalue weighted by Gasteiger charge is 2.14. The molecule has 18 heteroatoms. The average molecular weight is 1820 g/mol. The molecule has 0 aromatic heterocycles. The monoisotopic (exact) mass is 1810 g/mol. The Kier molecular flexibility index (Phi) is 54.7. The van der Waals surface area contributed by atoms with E-state index in [0.29, 0.717) is 51.8 Å². The number of benzene rings is 12. The van der Waals surface area contributed by atoms with Gasteiger partial charge in [0.25, 0.3) is 0 Å². The lowest BCUT2D eigenvalue weighted by Crippen LogP contribution is -1.96. The maximum absolute atomic E-state index is 12.9. The molecule has 0 saturated heterocycles. The first-order chi connectivity index (χ1) is 58.9. The molecule has 0 N–H and O–H groups in total. The predicted molar refractivity (Wildman–Crippen MR) is 501 cm³/mol. The van der Waals surface area contributed by atoms with Gasteiger partial charge in [-0.2, -0.15) is 0 Å². The zero-order valence-electron chi connectivity index (χ0n) is 77.0. The smallest absolute Gasteiger partial charge is 0.162 e. The van der Waals surface area contributed by atoms with Crippen LogP contribution in [0.25, 0.3) is 0 Å². The van der Waals surface area contributed by atoms with Crippen LogP contribution in [-0.4, -0.2) is 0 Å². The van der Waals surface area contributed by atoms with Gasteiger partial charge in [0.1, 0.15) is 64.0 Å². The van der Waals surface area contributed by atoms with Crippen LogP contribution in [0.3, 0.4) is 0 Å². The Hall–Kier alpha value is -9.54. The van der Waals surface area contributed by atoms with Gasteiger partial charge < -0.3 is 0 Å². The van der Waals surface area contributed by atoms with Gasteiger partial charge in [0.15, 0.2) is 23.3 Å². The molecule has 0 aliphatic rings. The summed E-state index contributed by atoms with van der Waals surface area (Å²) in [4.78, 5) is 0. The zero-order chi connectivity index (χ0) is 95.9. The molecule has 0 nitrogen and oxygen atoms in total. The maximum atomic E-state index is 12.9. The Morgan fingerprint density at radius 2 is 0.508 bits per heavy atom. The molecule has 0 spiro atoms. The highest BCUT2D eigenvalue weighted by Crippen LogP contribution is 2.28. The Morgan fingerprint density at radius 3 is 0.889 bits per heavy atom. The average Bonchev–Trinajstić information content (AvgIpc) is 0.851. The molecular formula is C108H126Cl3F15. The molecule has 0 amide bonds. The molecule has 0 atom stereocenters. The van der Waals surface area contributed by atoms with E-state index < -0.39 is 58.2 Å². The van der Waals surface area contributed by atoms with E-state index in [1.165, 1.54) is 107 Å². The number of hydrogen-bond donors (Lipinski definition) is 0. The summed E-state index contributed by atoms with van der Waals surface area (Å²) in [5.41, 5.74) is 10.0. The summed E-state index contributed by atoms with van der Waals surface area (Å²) in [7, 11) is 0. The fourth-order valence-corrected chi connectivity index (χ4v) is 11.7. The van der Waals surface area contributed by atoms with E-state index in [4.69, 9.17) is 34.8 Å². The maximum Gasteiger partial charge on any atom is 0.162 e. The summed E-state index contributed by atoms with van der Waals surface area (Å²) in [5, 5.41) is 2.51. The normalized spacial score (nSPS) is 10.5. The number of rotatable bonds is 12. The second-order valence-electron chi connectivity index (χ2n) is 33.1. The first kappa shape index (κ1) is 114. The van der Waals surface area contributed by atoms with Gasteiger partial charge in [0, 0.05) is 32.8 Å². The third-order valence-corrected chi connectivity index (χ3v) is 19.5. The third-order valence-electron chi connectivity index (χ3n) is 18.7. The summed E-state index contributed by atoms with van der Waals surface area (Å²) < 4.78 is 190. The molecule has 12 aromatic carbocycles. The summed E-state index contributed by atoms with van der Waals surface area (Å²) in [6, 6.07) is 67.1. The summed E-state index contributed by atoms with van der Waals surface area (Å²) >= 11 is 17.4. The van der Waals surface area contributed by atoms with Crippen molar-refractivity contribution in [1.29, 1.82) is 0 Å². The minimum atomic E-state index is -0.783. The van der Waals surface area contributed by atoms with Gasteiger partial charge in [0.2, 0.25) is 0 Å². The lowest BCUT2D eigenvalue weighted by Gasteiger charge is -2.06. The van der Waals surface area contributed by atoms with Crippen molar-refractivity contribution in [2.24, 2.45) is 0 Å². The Balaban J connectivity index is 0.000000687. The molecule has 126 heavy (non-hydrogen) atoms. The number of hydrogen-bond acceptors (Lipinski definition) is 0.